The molecule has 0 aliphatic heterocycles. The van der Waals surface area contributed by atoms with Crippen LogP contribution >= 0.6 is 0 Å². The normalized spacial score (nSPS) is 11.2. The molecule has 21 heavy (non-hydrogen) atoms. The van der Waals surface area contributed by atoms with Crippen LogP contribution in [0.4, 0.5) is 17.6 Å². The Morgan fingerprint density at radius 1 is 1.00 bits per heavy atom. The van der Waals surface area contributed by atoms with Gasteiger partial charge in [-0.05, 0) is 18.2 Å². The van der Waals surface area contributed by atoms with E-state index in [1.54, 1.807) is 6.07 Å². The van der Waals surface area contributed by atoms with Crippen molar-refractivity contribution >= 4 is 5.91 Å². The molecule has 1 N–H and O–H groups in total. The molecule has 0 unspecified atom stereocenters. The van der Waals surface area contributed by atoms with Gasteiger partial charge in [-0.25, -0.2) is 4.39 Å². The lowest BCUT2D eigenvalue weighted by Crippen LogP contribution is -2.26. The molecule has 6 heteroatoms. The van der Waals surface area contributed by atoms with E-state index in [0.29, 0.717) is 0 Å². The van der Waals surface area contributed by atoms with E-state index in [1.807, 2.05) is 0 Å². The predicted octanol–water partition coefficient (Wildman–Crippen LogP) is 3.77. The zero-order chi connectivity index (χ0) is 15.5. The summed E-state index contributed by atoms with van der Waals surface area (Å²) in [6.45, 7) is -0.183. The van der Waals surface area contributed by atoms with E-state index in [4.69, 9.17) is 0 Å². The van der Waals surface area contributed by atoms with Crippen LogP contribution in [0.15, 0.2) is 48.5 Å². The first-order valence-electron chi connectivity index (χ1n) is 6.07. The molecule has 0 aromatic heterocycles. The second-order valence-electron chi connectivity index (χ2n) is 4.32. The molecule has 2 nitrogen and oxygen atoms in total. The van der Waals surface area contributed by atoms with Crippen molar-refractivity contribution in [3.8, 4) is 0 Å². The van der Waals surface area contributed by atoms with Crippen LogP contribution in [0.3, 0.4) is 0 Å². The number of carbonyl (C=O) groups excluding carboxylic acids is 1. The Kier molecular flexibility index (Phi) is 4.26. The summed E-state index contributed by atoms with van der Waals surface area (Å²) < 4.78 is 51.8. The summed E-state index contributed by atoms with van der Waals surface area (Å²) in [7, 11) is 0. The van der Waals surface area contributed by atoms with Crippen molar-refractivity contribution < 1.29 is 22.4 Å². The summed E-state index contributed by atoms with van der Waals surface area (Å²) in [6.07, 6.45) is -4.62. The SMILES string of the molecule is O=C(NCc1ccccc1F)c1ccccc1C(F)(F)F. The number of amides is 1. The van der Waals surface area contributed by atoms with Crippen molar-refractivity contribution in [1.29, 1.82) is 0 Å². The van der Waals surface area contributed by atoms with Crippen molar-refractivity contribution in [1.82, 2.24) is 5.32 Å². The number of carbonyl (C=O) groups is 1. The summed E-state index contributed by atoms with van der Waals surface area (Å²) in [5.41, 5.74) is -1.30. The fraction of sp³-hybridized carbons (Fsp3) is 0.133. The fourth-order valence-electron chi connectivity index (χ4n) is 1.84. The van der Waals surface area contributed by atoms with Crippen LogP contribution < -0.4 is 5.32 Å². The maximum Gasteiger partial charge on any atom is 0.417 e. The number of benzene rings is 2. The van der Waals surface area contributed by atoms with Crippen LogP contribution in [-0.2, 0) is 12.7 Å². The summed E-state index contributed by atoms with van der Waals surface area (Å²) >= 11 is 0. The van der Waals surface area contributed by atoms with Gasteiger partial charge in [-0.3, -0.25) is 4.79 Å². The molecule has 0 heterocycles. The molecule has 2 rings (SSSR count). The first-order valence-corrected chi connectivity index (χ1v) is 6.07. The Morgan fingerprint density at radius 2 is 1.62 bits per heavy atom. The Morgan fingerprint density at radius 3 is 2.29 bits per heavy atom. The summed E-state index contributed by atoms with van der Waals surface area (Å²) in [4.78, 5) is 11.9. The van der Waals surface area contributed by atoms with Gasteiger partial charge in [0.1, 0.15) is 5.82 Å². The maximum absolute atomic E-state index is 13.4. The monoisotopic (exact) mass is 297 g/mol. The van der Waals surface area contributed by atoms with Gasteiger partial charge in [0.2, 0.25) is 0 Å². The lowest BCUT2D eigenvalue weighted by molar-refractivity contribution is -0.137. The highest BCUT2D eigenvalue weighted by Gasteiger charge is 2.34. The minimum Gasteiger partial charge on any atom is -0.348 e. The molecule has 0 radical (unpaired) electrons. The summed E-state index contributed by atoms with van der Waals surface area (Å²) in [6, 6.07) is 10.2. The number of hydrogen-bond donors (Lipinski definition) is 1. The van der Waals surface area contributed by atoms with Gasteiger partial charge in [-0.2, -0.15) is 13.2 Å². The molecular weight excluding hydrogens is 286 g/mol. The number of rotatable bonds is 3. The van der Waals surface area contributed by atoms with Crippen LogP contribution in [0.1, 0.15) is 21.5 Å². The quantitative estimate of drug-likeness (QED) is 0.858. The van der Waals surface area contributed by atoms with Crippen molar-refractivity contribution in [2.45, 2.75) is 12.7 Å². The van der Waals surface area contributed by atoms with Gasteiger partial charge in [-0.15, -0.1) is 0 Å². The van der Waals surface area contributed by atoms with Crippen molar-refractivity contribution in [2.75, 3.05) is 0 Å². The van der Waals surface area contributed by atoms with Crippen molar-refractivity contribution in [3.05, 3.63) is 71.0 Å². The third-order valence-electron chi connectivity index (χ3n) is 2.87. The van der Waals surface area contributed by atoms with E-state index < -0.39 is 29.0 Å². The van der Waals surface area contributed by atoms with Gasteiger partial charge in [0.25, 0.3) is 5.91 Å². The van der Waals surface area contributed by atoms with Gasteiger partial charge >= 0.3 is 6.18 Å². The van der Waals surface area contributed by atoms with Crippen LogP contribution in [0.2, 0.25) is 0 Å². The Labute approximate surface area is 118 Å². The highest BCUT2D eigenvalue weighted by atomic mass is 19.4. The molecule has 0 fully saturated rings. The van der Waals surface area contributed by atoms with Gasteiger partial charge in [0, 0.05) is 12.1 Å². The molecule has 0 spiro atoms. The van der Waals surface area contributed by atoms with Crippen molar-refractivity contribution in [2.24, 2.45) is 0 Å². The lowest BCUT2D eigenvalue weighted by atomic mass is 10.1. The minimum absolute atomic E-state index is 0.183. The highest BCUT2D eigenvalue weighted by molar-refractivity contribution is 5.95. The third-order valence-corrected chi connectivity index (χ3v) is 2.87. The van der Waals surface area contributed by atoms with E-state index in [9.17, 15) is 22.4 Å². The smallest absolute Gasteiger partial charge is 0.348 e. The summed E-state index contributed by atoms with van der Waals surface area (Å²) in [5.74, 6) is -1.42. The molecule has 0 saturated heterocycles. The zero-order valence-corrected chi connectivity index (χ0v) is 10.7. The lowest BCUT2D eigenvalue weighted by Gasteiger charge is -2.12. The molecule has 0 aliphatic rings. The van der Waals surface area contributed by atoms with Gasteiger partial charge in [0.15, 0.2) is 0 Å². The van der Waals surface area contributed by atoms with E-state index >= 15 is 0 Å². The number of nitrogens with one attached hydrogen (secondary N) is 1. The molecule has 0 aliphatic carbocycles. The fourth-order valence-corrected chi connectivity index (χ4v) is 1.84. The first-order chi connectivity index (χ1) is 9.89. The predicted molar refractivity (Wildman–Crippen MR) is 69.0 cm³/mol. The topological polar surface area (TPSA) is 29.1 Å². The van der Waals surface area contributed by atoms with Gasteiger partial charge < -0.3 is 5.32 Å². The average Bonchev–Trinajstić information content (AvgIpc) is 2.45. The number of halogens is 4. The van der Waals surface area contributed by atoms with Crippen LogP contribution in [0, 0.1) is 5.82 Å². The van der Waals surface area contributed by atoms with E-state index in [-0.39, 0.29) is 12.1 Å². The number of alkyl halides is 3. The minimum atomic E-state index is -4.62. The molecule has 110 valence electrons. The molecule has 0 atom stereocenters. The molecule has 2 aromatic carbocycles. The standard InChI is InChI=1S/C15H11F4NO/c16-13-8-4-1-5-10(13)9-20-14(21)11-6-2-3-7-12(11)15(17,18)19/h1-8H,9H2,(H,20,21). The highest BCUT2D eigenvalue weighted by Crippen LogP contribution is 2.31. The van der Waals surface area contributed by atoms with E-state index in [1.165, 1.54) is 30.3 Å². The first kappa shape index (κ1) is 15.0. The van der Waals surface area contributed by atoms with Crippen LogP contribution in [-0.4, -0.2) is 5.91 Å². The molecule has 0 bridgehead atoms. The molecule has 1 amide bonds. The van der Waals surface area contributed by atoms with E-state index in [0.717, 1.165) is 12.1 Å². The van der Waals surface area contributed by atoms with Crippen LogP contribution in [0.25, 0.3) is 0 Å². The molecule has 2 aromatic rings. The van der Waals surface area contributed by atoms with Crippen molar-refractivity contribution in [3.63, 3.8) is 0 Å². The van der Waals surface area contributed by atoms with Gasteiger partial charge in [-0.1, -0.05) is 30.3 Å². The molecular formula is C15H11F4NO. The number of hydrogen-bond acceptors (Lipinski definition) is 1. The Bertz CT molecular complexity index is 652. The third kappa shape index (κ3) is 3.59. The summed E-state index contributed by atoms with van der Waals surface area (Å²) in [5, 5.41) is 2.29. The second kappa shape index (κ2) is 5.95. The maximum atomic E-state index is 13.4. The Balaban J connectivity index is 2.17. The van der Waals surface area contributed by atoms with Crippen LogP contribution in [0.5, 0.6) is 0 Å². The zero-order valence-electron chi connectivity index (χ0n) is 10.7. The Hall–Kier alpha value is -2.37. The molecule has 0 saturated carbocycles. The average molecular weight is 297 g/mol. The largest absolute Gasteiger partial charge is 0.417 e. The van der Waals surface area contributed by atoms with Gasteiger partial charge in [0.05, 0.1) is 11.1 Å². The second-order valence-corrected chi connectivity index (χ2v) is 4.32. The van der Waals surface area contributed by atoms with E-state index in [2.05, 4.69) is 5.32 Å².